The zero-order chi connectivity index (χ0) is 13.4. The molecule has 0 aromatic heterocycles. The molecule has 96 valence electrons. The van der Waals surface area contributed by atoms with Gasteiger partial charge in [-0.2, -0.15) is 0 Å². The molecule has 0 radical (unpaired) electrons. The summed E-state index contributed by atoms with van der Waals surface area (Å²) in [6.07, 6.45) is 1.57. The lowest BCUT2D eigenvalue weighted by atomic mass is 9.81. The van der Waals surface area contributed by atoms with E-state index in [9.17, 15) is 9.59 Å². The maximum Gasteiger partial charge on any atom is 0.170 e. The summed E-state index contributed by atoms with van der Waals surface area (Å²) in [6.45, 7) is 12.1. The van der Waals surface area contributed by atoms with Gasteiger partial charge in [0, 0.05) is 11.1 Å². The van der Waals surface area contributed by atoms with Crippen molar-refractivity contribution in [2.45, 2.75) is 54.4 Å². The zero-order valence-electron chi connectivity index (χ0n) is 11.9. The molecule has 0 aromatic carbocycles. The highest BCUT2D eigenvalue weighted by molar-refractivity contribution is 6.25. The molecule has 0 N–H and O–H groups in total. The van der Waals surface area contributed by atoms with Crippen LogP contribution in [0.3, 0.4) is 0 Å². The van der Waals surface area contributed by atoms with Crippen molar-refractivity contribution in [2.24, 2.45) is 17.3 Å². The van der Waals surface area contributed by atoms with E-state index in [1.807, 2.05) is 41.5 Å². The van der Waals surface area contributed by atoms with Crippen LogP contribution in [0.1, 0.15) is 54.4 Å². The second-order valence-electron chi connectivity index (χ2n) is 6.26. The van der Waals surface area contributed by atoms with Gasteiger partial charge in [0.1, 0.15) is 0 Å². The lowest BCUT2D eigenvalue weighted by Crippen LogP contribution is -2.21. The average molecular weight is 236 g/mol. The van der Waals surface area contributed by atoms with Crippen LogP contribution < -0.4 is 0 Å². The van der Waals surface area contributed by atoms with Crippen LogP contribution in [0.15, 0.2) is 11.1 Å². The summed E-state index contributed by atoms with van der Waals surface area (Å²) < 4.78 is 0. The van der Waals surface area contributed by atoms with Crippen molar-refractivity contribution >= 4 is 11.6 Å². The van der Waals surface area contributed by atoms with Gasteiger partial charge in [-0.25, -0.2) is 0 Å². The van der Waals surface area contributed by atoms with Crippen molar-refractivity contribution in [3.63, 3.8) is 0 Å². The van der Waals surface area contributed by atoms with Gasteiger partial charge in [0.25, 0.3) is 0 Å². The Hall–Kier alpha value is -0.920. The average Bonchev–Trinajstić information content (AvgIpc) is 2.41. The minimum absolute atomic E-state index is 0.0769. The first kappa shape index (κ1) is 14.1. The van der Waals surface area contributed by atoms with Crippen molar-refractivity contribution in [3.8, 4) is 0 Å². The number of allylic oxidation sites excluding steroid dienone is 2. The fraction of sp³-hybridized carbons (Fsp3) is 0.733. The molecule has 2 heteroatoms. The third-order valence-corrected chi connectivity index (χ3v) is 3.32. The fourth-order valence-electron chi connectivity index (χ4n) is 2.63. The smallest absolute Gasteiger partial charge is 0.170 e. The third kappa shape index (κ3) is 2.51. The lowest BCUT2D eigenvalue weighted by Gasteiger charge is -2.22. The number of carbonyl (C=O) groups excluding carboxylic acids is 2. The number of ketones is 2. The Labute approximate surface area is 104 Å². The van der Waals surface area contributed by atoms with Gasteiger partial charge in [-0.05, 0) is 17.8 Å². The molecule has 0 aromatic rings. The van der Waals surface area contributed by atoms with Gasteiger partial charge in [0.15, 0.2) is 11.6 Å². The van der Waals surface area contributed by atoms with Crippen LogP contribution in [0.25, 0.3) is 0 Å². The zero-order valence-corrected chi connectivity index (χ0v) is 11.9. The monoisotopic (exact) mass is 236 g/mol. The van der Waals surface area contributed by atoms with E-state index in [-0.39, 0.29) is 22.9 Å². The van der Waals surface area contributed by atoms with E-state index in [0.29, 0.717) is 6.42 Å². The van der Waals surface area contributed by atoms with Crippen LogP contribution in [0, 0.1) is 17.3 Å². The molecule has 1 aliphatic carbocycles. The van der Waals surface area contributed by atoms with Crippen molar-refractivity contribution < 1.29 is 9.59 Å². The summed E-state index contributed by atoms with van der Waals surface area (Å²) in [6, 6.07) is 0. The minimum Gasteiger partial charge on any atom is -0.294 e. The number of hydrogen-bond donors (Lipinski definition) is 0. The highest BCUT2D eigenvalue weighted by Crippen LogP contribution is 2.41. The molecule has 1 unspecified atom stereocenters. The topological polar surface area (TPSA) is 34.1 Å². The second-order valence-corrected chi connectivity index (χ2v) is 6.26. The molecule has 1 aliphatic rings. The quantitative estimate of drug-likeness (QED) is 0.702. The standard InChI is InChI=1S/C15H24O2/c1-7-8-10-13(16)11(9(2)3)12(14(10)17)15(4,5)6/h9-10H,7-8H2,1-6H3. The van der Waals surface area contributed by atoms with Gasteiger partial charge in [-0.3, -0.25) is 9.59 Å². The van der Waals surface area contributed by atoms with Crippen molar-refractivity contribution in [2.75, 3.05) is 0 Å². The molecule has 0 heterocycles. The predicted molar refractivity (Wildman–Crippen MR) is 69.7 cm³/mol. The SMILES string of the molecule is CCCC1C(=O)C(C(C)C)=C(C(C)(C)C)C1=O. The lowest BCUT2D eigenvalue weighted by molar-refractivity contribution is -0.127. The van der Waals surface area contributed by atoms with Crippen LogP contribution in [0.2, 0.25) is 0 Å². The molecule has 17 heavy (non-hydrogen) atoms. The van der Waals surface area contributed by atoms with Gasteiger partial charge in [-0.15, -0.1) is 0 Å². The fourth-order valence-corrected chi connectivity index (χ4v) is 2.63. The van der Waals surface area contributed by atoms with E-state index in [0.717, 1.165) is 17.6 Å². The molecule has 0 bridgehead atoms. The Kier molecular flexibility index (Phi) is 3.95. The molecule has 0 amide bonds. The molecule has 1 atom stereocenters. The molecule has 0 aliphatic heterocycles. The first-order chi connectivity index (χ1) is 7.71. The van der Waals surface area contributed by atoms with Gasteiger partial charge in [0.05, 0.1) is 5.92 Å². The number of carbonyl (C=O) groups is 2. The van der Waals surface area contributed by atoms with Crippen LogP contribution in [0.5, 0.6) is 0 Å². The Balaban J connectivity index is 3.27. The summed E-state index contributed by atoms with van der Waals surface area (Å²) >= 11 is 0. The second kappa shape index (κ2) is 4.75. The Bertz CT molecular complexity index is 367. The van der Waals surface area contributed by atoms with E-state index in [1.54, 1.807) is 0 Å². The molecule has 0 spiro atoms. The summed E-state index contributed by atoms with van der Waals surface area (Å²) in [5.41, 5.74) is 1.33. The van der Waals surface area contributed by atoms with Crippen LogP contribution in [0.4, 0.5) is 0 Å². The van der Waals surface area contributed by atoms with E-state index < -0.39 is 5.92 Å². The first-order valence-electron chi connectivity index (χ1n) is 6.54. The summed E-state index contributed by atoms with van der Waals surface area (Å²) in [5.74, 6) is -0.0982. The summed E-state index contributed by atoms with van der Waals surface area (Å²) in [7, 11) is 0. The predicted octanol–water partition coefficient (Wildman–Crippen LogP) is 3.55. The molecule has 1 rings (SSSR count). The van der Waals surface area contributed by atoms with E-state index in [1.165, 1.54) is 0 Å². The van der Waals surface area contributed by atoms with Gasteiger partial charge >= 0.3 is 0 Å². The van der Waals surface area contributed by atoms with E-state index in [2.05, 4.69) is 0 Å². The van der Waals surface area contributed by atoms with Crippen molar-refractivity contribution in [1.29, 1.82) is 0 Å². The molecular formula is C15H24O2. The highest BCUT2D eigenvalue weighted by atomic mass is 16.2. The van der Waals surface area contributed by atoms with Crippen LogP contribution in [-0.4, -0.2) is 11.6 Å². The molecular weight excluding hydrogens is 212 g/mol. The van der Waals surface area contributed by atoms with Gasteiger partial charge in [-0.1, -0.05) is 48.0 Å². The Morgan fingerprint density at radius 2 is 1.65 bits per heavy atom. The van der Waals surface area contributed by atoms with Crippen LogP contribution >= 0.6 is 0 Å². The Morgan fingerprint density at radius 3 is 1.94 bits per heavy atom. The van der Waals surface area contributed by atoms with Crippen LogP contribution in [-0.2, 0) is 9.59 Å². The van der Waals surface area contributed by atoms with E-state index in [4.69, 9.17) is 0 Å². The van der Waals surface area contributed by atoms with Gasteiger partial charge in [0.2, 0.25) is 0 Å². The molecule has 0 saturated carbocycles. The summed E-state index contributed by atoms with van der Waals surface area (Å²) in [4.78, 5) is 24.7. The Morgan fingerprint density at radius 1 is 1.12 bits per heavy atom. The third-order valence-electron chi connectivity index (χ3n) is 3.32. The number of rotatable bonds is 3. The summed E-state index contributed by atoms with van der Waals surface area (Å²) in [5, 5.41) is 0. The van der Waals surface area contributed by atoms with Crippen molar-refractivity contribution in [1.82, 2.24) is 0 Å². The van der Waals surface area contributed by atoms with Gasteiger partial charge < -0.3 is 0 Å². The highest BCUT2D eigenvalue weighted by Gasteiger charge is 2.44. The number of hydrogen-bond acceptors (Lipinski definition) is 2. The molecule has 0 saturated heterocycles. The largest absolute Gasteiger partial charge is 0.294 e. The number of Topliss-reactive ketones (excluding diaryl/α,β-unsaturated/α-hetero) is 2. The maximum absolute atomic E-state index is 12.4. The minimum atomic E-state index is -0.397. The molecule has 0 fully saturated rings. The van der Waals surface area contributed by atoms with E-state index >= 15 is 0 Å². The maximum atomic E-state index is 12.4. The van der Waals surface area contributed by atoms with Crippen molar-refractivity contribution in [3.05, 3.63) is 11.1 Å². The first-order valence-corrected chi connectivity index (χ1v) is 6.54. The molecule has 2 nitrogen and oxygen atoms in total. The normalized spacial score (nSPS) is 21.9.